The summed E-state index contributed by atoms with van der Waals surface area (Å²) < 4.78 is 1.80. The lowest BCUT2D eigenvalue weighted by Crippen LogP contribution is -2.38. The predicted molar refractivity (Wildman–Crippen MR) is 123 cm³/mol. The average molecular weight is 411 g/mol. The van der Waals surface area contributed by atoms with E-state index in [0.29, 0.717) is 17.4 Å². The van der Waals surface area contributed by atoms with Crippen molar-refractivity contribution in [3.8, 4) is 22.5 Å². The molecule has 2 heterocycles. The Hall–Kier alpha value is -3.47. The van der Waals surface area contributed by atoms with Crippen LogP contribution in [0.4, 0.5) is 0 Å². The van der Waals surface area contributed by atoms with Crippen LogP contribution >= 0.6 is 0 Å². The third kappa shape index (κ3) is 3.83. The predicted octanol–water partition coefficient (Wildman–Crippen LogP) is 5.47. The molecule has 0 atom stereocenters. The highest BCUT2D eigenvalue weighted by molar-refractivity contribution is 5.93. The van der Waals surface area contributed by atoms with Gasteiger partial charge in [0, 0.05) is 30.3 Å². The Balaban J connectivity index is 1.60. The number of aromatic nitrogens is 3. The molecule has 1 fully saturated rings. The fourth-order valence-electron chi connectivity index (χ4n) is 4.47. The molecule has 2 aromatic heterocycles. The van der Waals surface area contributed by atoms with Gasteiger partial charge in [0.2, 0.25) is 0 Å². The Morgan fingerprint density at radius 3 is 2.23 bits per heavy atom. The largest absolute Gasteiger partial charge is 0.337 e. The number of benzene rings is 2. The lowest BCUT2D eigenvalue weighted by atomic mass is 9.94. The molecule has 1 amide bonds. The maximum atomic E-state index is 13.2. The Labute approximate surface area is 182 Å². The summed E-state index contributed by atoms with van der Waals surface area (Å²) in [5.74, 6) is -0.0299. The van der Waals surface area contributed by atoms with E-state index < -0.39 is 0 Å². The van der Waals surface area contributed by atoms with Crippen molar-refractivity contribution in [3.63, 3.8) is 0 Å². The zero-order valence-electron chi connectivity index (χ0n) is 17.7. The highest BCUT2D eigenvalue weighted by atomic mass is 16.2. The molecule has 4 aromatic rings. The van der Waals surface area contributed by atoms with Crippen LogP contribution in [-0.4, -0.2) is 38.5 Å². The molecule has 0 N–H and O–H groups in total. The van der Waals surface area contributed by atoms with Crippen LogP contribution in [0.3, 0.4) is 0 Å². The van der Waals surface area contributed by atoms with Gasteiger partial charge >= 0.3 is 0 Å². The maximum absolute atomic E-state index is 13.2. The molecule has 1 aliphatic rings. The minimum absolute atomic E-state index is 0.0299. The number of hydrogen-bond donors (Lipinski definition) is 0. The van der Waals surface area contributed by atoms with Crippen LogP contribution in [0.2, 0.25) is 0 Å². The third-order valence-corrected chi connectivity index (χ3v) is 6.23. The Morgan fingerprint density at radius 1 is 0.903 bits per heavy atom. The number of nitrogens with zero attached hydrogens (tertiary/aromatic N) is 4. The summed E-state index contributed by atoms with van der Waals surface area (Å²) in [6.07, 6.45) is 5.78. The monoisotopic (exact) mass is 410 g/mol. The highest BCUT2D eigenvalue weighted by Gasteiger charge is 2.25. The lowest BCUT2D eigenvalue weighted by Gasteiger charge is -2.30. The van der Waals surface area contributed by atoms with E-state index in [1.807, 2.05) is 72.6 Å². The molecular formula is C26H26N4O. The Bertz CT molecular complexity index is 1190. The van der Waals surface area contributed by atoms with Gasteiger partial charge in [-0.15, -0.1) is 0 Å². The summed E-state index contributed by atoms with van der Waals surface area (Å²) >= 11 is 0. The number of amides is 1. The van der Waals surface area contributed by atoms with Crippen LogP contribution in [-0.2, 0) is 0 Å². The van der Waals surface area contributed by atoms with Gasteiger partial charge in [-0.25, -0.2) is 9.50 Å². The summed E-state index contributed by atoms with van der Waals surface area (Å²) in [4.78, 5) is 20.0. The average Bonchev–Trinajstić information content (AvgIpc) is 3.28. The normalized spacial score (nSPS) is 14.6. The van der Waals surface area contributed by atoms with E-state index in [4.69, 9.17) is 10.1 Å². The Kier molecular flexibility index (Phi) is 5.24. The molecule has 0 bridgehead atoms. The van der Waals surface area contributed by atoms with E-state index in [2.05, 4.69) is 12.1 Å². The van der Waals surface area contributed by atoms with Gasteiger partial charge < -0.3 is 4.90 Å². The van der Waals surface area contributed by atoms with Gasteiger partial charge in [-0.3, -0.25) is 4.79 Å². The SMILES string of the molecule is CN(C(=O)c1cc2nc(-c3ccccc3)cc(-c3ccccc3)n2n1)C1CCCCC1. The van der Waals surface area contributed by atoms with Crippen LogP contribution in [0.15, 0.2) is 72.8 Å². The second-order valence-corrected chi connectivity index (χ2v) is 8.27. The number of rotatable bonds is 4. The molecule has 1 saturated carbocycles. The van der Waals surface area contributed by atoms with Gasteiger partial charge in [0.25, 0.3) is 5.91 Å². The molecule has 0 saturated heterocycles. The number of fused-ring (bicyclic) bond motifs is 1. The summed E-state index contributed by atoms with van der Waals surface area (Å²) in [6.45, 7) is 0. The molecular weight excluding hydrogens is 384 g/mol. The van der Waals surface area contributed by atoms with Crippen LogP contribution in [0, 0.1) is 0 Å². The van der Waals surface area contributed by atoms with Crippen molar-refractivity contribution >= 4 is 11.6 Å². The van der Waals surface area contributed by atoms with Crippen molar-refractivity contribution < 1.29 is 4.79 Å². The van der Waals surface area contributed by atoms with Gasteiger partial charge in [0.05, 0.1) is 11.4 Å². The number of hydrogen-bond acceptors (Lipinski definition) is 3. The topological polar surface area (TPSA) is 50.5 Å². The van der Waals surface area contributed by atoms with Crippen molar-refractivity contribution in [2.75, 3.05) is 7.05 Å². The van der Waals surface area contributed by atoms with Crippen LogP contribution in [0.5, 0.6) is 0 Å². The highest BCUT2D eigenvalue weighted by Crippen LogP contribution is 2.27. The second kappa shape index (κ2) is 8.34. The standard InChI is InChI=1S/C26H26N4O/c1-29(21-15-9-4-10-16-21)26(31)23-18-25-27-22(19-11-5-2-6-12-19)17-24(30(25)28-23)20-13-7-3-8-14-20/h2-3,5-8,11-14,17-18,21H,4,9-10,15-16H2,1H3. The quantitative estimate of drug-likeness (QED) is 0.448. The molecule has 156 valence electrons. The zero-order chi connectivity index (χ0) is 21.2. The summed E-state index contributed by atoms with van der Waals surface area (Å²) in [5, 5.41) is 4.70. The number of carbonyl (C=O) groups is 1. The van der Waals surface area contributed by atoms with Crippen molar-refractivity contribution in [1.29, 1.82) is 0 Å². The van der Waals surface area contributed by atoms with Crippen LogP contribution in [0.25, 0.3) is 28.2 Å². The van der Waals surface area contributed by atoms with Crippen molar-refractivity contribution in [2.24, 2.45) is 0 Å². The van der Waals surface area contributed by atoms with Crippen LogP contribution in [0.1, 0.15) is 42.6 Å². The fourth-order valence-corrected chi connectivity index (χ4v) is 4.47. The first kappa shape index (κ1) is 19.5. The molecule has 1 aliphatic carbocycles. The zero-order valence-corrected chi connectivity index (χ0v) is 17.7. The van der Waals surface area contributed by atoms with Gasteiger partial charge in [-0.1, -0.05) is 79.9 Å². The van der Waals surface area contributed by atoms with Crippen molar-refractivity contribution in [1.82, 2.24) is 19.5 Å². The van der Waals surface area contributed by atoms with Gasteiger partial charge in [0.15, 0.2) is 11.3 Å². The van der Waals surface area contributed by atoms with E-state index in [1.54, 1.807) is 4.52 Å². The number of carbonyl (C=O) groups excluding carboxylic acids is 1. The lowest BCUT2D eigenvalue weighted by molar-refractivity contribution is 0.0690. The van der Waals surface area contributed by atoms with E-state index in [0.717, 1.165) is 35.4 Å². The molecule has 2 aromatic carbocycles. The minimum Gasteiger partial charge on any atom is -0.337 e. The van der Waals surface area contributed by atoms with Crippen molar-refractivity contribution in [2.45, 2.75) is 38.1 Å². The molecule has 5 nitrogen and oxygen atoms in total. The Morgan fingerprint density at radius 2 is 1.55 bits per heavy atom. The molecule has 0 spiro atoms. The smallest absolute Gasteiger partial charge is 0.274 e. The first-order valence-corrected chi connectivity index (χ1v) is 11.0. The van der Waals surface area contributed by atoms with E-state index in [1.165, 1.54) is 19.3 Å². The second-order valence-electron chi connectivity index (χ2n) is 8.27. The van der Waals surface area contributed by atoms with Crippen molar-refractivity contribution in [3.05, 3.63) is 78.5 Å². The molecule has 0 unspecified atom stereocenters. The molecule has 0 aliphatic heterocycles. The van der Waals surface area contributed by atoms with E-state index in [9.17, 15) is 4.79 Å². The summed E-state index contributed by atoms with van der Waals surface area (Å²) in [7, 11) is 1.91. The first-order valence-electron chi connectivity index (χ1n) is 11.0. The van der Waals surface area contributed by atoms with Gasteiger partial charge in [-0.05, 0) is 18.9 Å². The molecule has 5 heteroatoms. The van der Waals surface area contributed by atoms with Gasteiger partial charge in [-0.2, -0.15) is 5.10 Å². The van der Waals surface area contributed by atoms with E-state index in [-0.39, 0.29) is 5.91 Å². The molecule has 0 radical (unpaired) electrons. The van der Waals surface area contributed by atoms with Crippen LogP contribution < -0.4 is 0 Å². The first-order chi connectivity index (χ1) is 15.2. The summed E-state index contributed by atoms with van der Waals surface area (Å²) in [6, 6.07) is 24.4. The summed E-state index contributed by atoms with van der Waals surface area (Å²) in [5.41, 5.74) is 4.99. The fraction of sp³-hybridized carbons (Fsp3) is 0.269. The van der Waals surface area contributed by atoms with E-state index >= 15 is 0 Å². The molecule has 31 heavy (non-hydrogen) atoms. The maximum Gasteiger partial charge on any atom is 0.274 e. The third-order valence-electron chi connectivity index (χ3n) is 6.23. The van der Waals surface area contributed by atoms with Gasteiger partial charge in [0.1, 0.15) is 0 Å². The minimum atomic E-state index is -0.0299. The molecule has 5 rings (SSSR count).